The summed E-state index contributed by atoms with van der Waals surface area (Å²) in [6.07, 6.45) is 2.58. The molecule has 3 heterocycles. The van der Waals surface area contributed by atoms with Gasteiger partial charge in [-0.2, -0.15) is 4.98 Å². The van der Waals surface area contributed by atoms with Crippen LogP contribution in [0.3, 0.4) is 0 Å². The Labute approximate surface area is 207 Å². The van der Waals surface area contributed by atoms with Gasteiger partial charge in [-0.1, -0.05) is 47.7 Å². The van der Waals surface area contributed by atoms with E-state index in [9.17, 15) is 12.8 Å². The maximum atomic E-state index is 13.1. The second-order valence-corrected chi connectivity index (χ2v) is 11.8. The van der Waals surface area contributed by atoms with Crippen LogP contribution in [-0.2, 0) is 22.7 Å². The zero-order valence-corrected chi connectivity index (χ0v) is 20.7. The highest BCUT2D eigenvalue weighted by Gasteiger charge is 2.33. The van der Waals surface area contributed by atoms with Gasteiger partial charge in [-0.25, -0.2) is 22.8 Å². The molecule has 1 unspecified atom stereocenters. The first kappa shape index (κ1) is 23.6. The molecule has 0 radical (unpaired) electrons. The highest BCUT2D eigenvalue weighted by atomic mass is 32.2. The second kappa shape index (κ2) is 9.48. The summed E-state index contributed by atoms with van der Waals surface area (Å²) in [5.41, 5.74) is 10.3. The zero-order chi connectivity index (χ0) is 24.6. The molecule has 8 nitrogen and oxygen atoms in total. The number of thiazole rings is 1. The van der Waals surface area contributed by atoms with Crippen LogP contribution in [0.1, 0.15) is 10.6 Å². The molecule has 2 aliphatic carbocycles. The van der Waals surface area contributed by atoms with Crippen molar-refractivity contribution >= 4 is 43.3 Å². The summed E-state index contributed by atoms with van der Waals surface area (Å²) in [5, 5.41) is 3.22. The van der Waals surface area contributed by atoms with Crippen molar-refractivity contribution in [2.45, 2.75) is 18.2 Å². The number of hydrogen-bond donors (Lipinski definition) is 2. The Balaban J connectivity index is 0.000000362. The van der Waals surface area contributed by atoms with Crippen molar-refractivity contribution in [3.63, 3.8) is 0 Å². The van der Waals surface area contributed by atoms with Gasteiger partial charge in [-0.3, -0.25) is 0 Å². The fraction of sp³-hybridized carbons (Fsp3) is 0.292. The predicted molar refractivity (Wildman–Crippen MR) is 138 cm³/mol. The van der Waals surface area contributed by atoms with Crippen LogP contribution in [0.2, 0.25) is 0 Å². The number of benzene rings is 2. The SMILES string of the molecule is CS(=O)(=O)C1CNCCN1c1nc(N)nc2sc(CCc3ccc(F)cc3)nc12.c1cc2ccc1-2. The third-order valence-corrected chi connectivity index (χ3v) is 8.44. The van der Waals surface area contributed by atoms with Crippen LogP contribution in [0, 0.1) is 5.82 Å². The summed E-state index contributed by atoms with van der Waals surface area (Å²) in [4.78, 5) is 15.7. The average Bonchev–Trinajstić information content (AvgIpc) is 3.23. The molecule has 3 N–H and O–H groups in total. The largest absolute Gasteiger partial charge is 0.368 e. The third kappa shape index (κ3) is 5.12. The van der Waals surface area contributed by atoms with Crippen LogP contribution >= 0.6 is 11.3 Å². The van der Waals surface area contributed by atoms with Crippen molar-refractivity contribution in [3.05, 3.63) is 64.9 Å². The van der Waals surface area contributed by atoms with Gasteiger partial charge in [0.1, 0.15) is 16.7 Å². The lowest BCUT2D eigenvalue weighted by Gasteiger charge is -2.35. The molecule has 182 valence electrons. The maximum absolute atomic E-state index is 13.1. The van der Waals surface area contributed by atoms with E-state index in [-0.39, 0.29) is 11.8 Å². The van der Waals surface area contributed by atoms with Gasteiger partial charge < -0.3 is 16.0 Å². The molecule has 1 fully saturated rings. The molecule has 35 heavy (non-hydrogen) atoms. The Morgan fingerprint density at radius 2 is 1.74 bits per heavy atom. The molecule has 1 saturated heterocycles. The Morgan fingerprint density at radius 3 is 2.34 bits per heavy atom. The average molecular weight is 513 g/mol. The molecule has 0 spiro atoms. The van der Waals surface area contributed by atoms with E-state index in [2.05, 4.69) is 44.5 Å². The van der Waals surface area contributed by atoms with Crippen molar-refractivity contribution in [1.82, 2.24) is 20.3 Å². The van der Waals surface area contributed by atoms with Crippen molar-refractivity contribution in [2.24, 2.45) is 0 Å². The first-order valence-corrected chi connectivity index (χ1v) is 14.0. The molecule has 0 amide bonds. The number of anilines is 2. The van der Waals surface area contributed by atoms with Crippen molar-refractivity contribution in [3.8, 4) is 11.1 Å². The standard InChI is InChI=1S/C18H21FN6O2S2.C6H4/c1-29(26,27)14-10-21-8-9-25(14)16-15-17(24-18(20)23-16)28-13(22-15)7-4-11-2-5-12(19)6-3-11;1-2-6-4-3-5(1)6/h2-3,5-6,14,21H,4,7-10H2,1H3,(H2,20,23,24);1-4H. The fourth-order valence-electron chi connectivity index (χ4n) is 4.04. The van der Waals surface area contributed by atoms with Gasteiger partial charge in [0.25, 0.3) is 0 Å². The van der Waals surface area contributed by atoms with Gasteiger partial charge in [0.2, 0.25) is 5.95 Å². The number of halogens is 1. The highest BCUT2D eigenvalue weighted by molar-refractivity contribution is 7.91. The first-order chi connectivity index (χ1) is 16.8. The molecule has 0 saturated carbocycles. The maximum Gasteiger partial charge on any atom is 0.223 e. The summed E-state index contributed by atoms with van der Waals surface area (Å²) < 4.78 is 37.6. The number of aryl methyl sites for hydroxylation is 2. The van der Waals surface area contributed by atoms with Gasteiger partial charge in [-0.05, 0) is 35.2 Å². The summed E-state index contributed by atoms with van der Waals surface area (Å²) in [7, 11) is -3.34. The molecule has 0 bridgehead atoms. The zero-order valence-electron chi connectivity index (χ0n) is 19.1. The van der Waals surface area contributed by atoms with E-state index < -0.39 is 15.2 Å². The number of aromatic nitrogens is 3. The minimum Gasteiger partial charge on any atom is -0.368 e. The molecule has 1 aromatic carbocycles. The molecule has 6 rings (SSSR count). The minimum atomic E-state index is -3.34. The van der Waals surface area contributed by atoms with Gasteiger partial charge in [0.15, 0.2) is 20.5 Å². The normalized spacial score (nSPS) is 16.6. The Kier molecular flexibility index (Phi) is 6.39. The Bertz CT molecular complexity index is 1440. The summed E-state index contributed by atoms with van der Waals surface area (Å²) >= 11 is 1.41. The number of rotatable bonds is 5. The van der Waals surface area contributed by atoms with Crippen molar-refractivity contribution < 1.29 is 12.8 Å². The molecule has 2 aromatic heterocycles. The van der Waals surface area contributed by atoms with E-state index in [1.165, 1.54) is 40.9 Å². The van der Waals surface area contributed by atoms with E-state index in [0.29, 0.717) is 48.6 Å². The van der Waals surface area contributed by atoms with Gasteiger partial charge >= 0.3 is 0 Å². The van der Waals surface area contributed by atoms with Gasteiger partial charge in [0, 0.05) is 32.3 Å². The highest BCUT2D eigenvalue weighted by Crippen LogP contribution is 2.32. The first-order valence-electron chi connectivity index (χ1n) is 11.2. The van der Waals surface area contributed by atoms with E-state index in [1.807, 2.05) is 0 Å². The number of hydrogen-bond acceptors (Lipinski definition) is 9. The summed E-state index contributed by atoms with van der Waals surface area (Å²) in [5.74, 6) is 0.279. The molecule has 3 aliphatic rings. The number of piperazine rings is 1. The van der Waals surface area contributed by atoms with Gasteiger partial charge in [0.05, 0.1) is 5.01 Å². The number of nitrogens with zero attached hydrogens (tertiary/aromatic N) is 4. The monoisotopic (exact) mass is 512 g/mol. The molecule has 3 aromatic rings. The smallest absolute Gasteiger partial charge is 0.223 e. The summed E-state index contributed by atoms with van der Waals surface area (Å²) in [6.45, 7) is 1.43. The Hall–Kier alpha value is -3.15. The fourth-order valence-corrected chi connectivity index (χ4v) is 6.07. The lowest BCUT2D eigenvalue weighted by atomic mass is 9.95. The van der Waals surface area contributed by atoms with Crippen molar-refractivity contribution in [1.29, 1.82) is 0 Å². The van der Waals surface area contributed by atoms with Gasteiger partial charge in [-0.15, -0.1) is 0 Å². The lowest BCUT2D eigenvalue weighted by molar-refractivity contribution is 0.520. The van der Waals surface area contributed by atoms with Crippen molar-refractivity contribution in [2.75, 3.05) is 36.5 Å². The Morgan fingerprint density at radius 1 is 1.06 bits per heavy atom. The van der Waals surface area contributed by atoms with E-state index in [4.69, 9.17) is 5.73 Å². The second-order valence-electron chi connectivity index (χ2n) is 8.55. The number of nitrogen functional groups attached to an aromatic ring is 1. The van der Waals surface area contributed by atoms with E-state index in [0.717, 1.165) is 10.6 Å². The van der Waals surface area contributed by atoms with Crippen LogP contribution in [-0.4, -0.2) is 54.6 Å². The van der Waals surface area contributed by atoms with E-state index >= 15 is 0 Å². The predicted octanol–water partition coefficient (Wildman–Crippen LogP) is 3.04. The number of fused-ring (bicyclic) bond motifs is 2. The number of sulfone groups is 1. The van der Waals surface area contributed by atoms with Crippen LogP contribution in [0.4, 0.5) is 16.2 Å². The summed E-state index contributed by atoms with van der Waals surface area (Å²) in [6, 6.07) is 14.9. The minimum absolute atomic E-state index is 0.0898. The quantitative estimate of drug-likeness (QED) is 0.369. The van der Waals surface area contributed by atoms with Crippen LogP contribution < -0.4 is 16.0 Å². The molecular formula is C24H25FN6O2S2. The molecular weight excluding hydrogens is 487 g/mol. The number of nitrogens with two attached hydrogens (primary N) is 1. The van der Waals surface area contributed by atoms with Crippen LogP contribution in [0.15, 0.2) is 48.5 Å². The third-order valence-electron chi connectivity index (χ3n) is 6.02. The molecule has 1 atom stereocenters. The topological polar surface area (TPSA) is 114 Å². The lowest BCUT2D eigenvalue weighted by Crippen LogP contribution is -2.55. The van der Waals surface area contributed by atoms with Crippen LogP contribution in [0.5, 0.6) is 0 Å². The van der Waals surface area contributed by atoms with E-state index in [1.54, 1.807) is 17.0 Å². The molecule has 11 heteroatoms. The van der Waals surface area contributed by atoms with Crippen LogP contribution in [0.25, 0.3) is 21.5 Å². The molecule has 1 aliphatic heterocycles. The number of nitrogens with one attached hydrogen (secondary N) is 1.